The zero-order chi connectivity index (χ0) is 13.7. The summed E-state index contributed by atoms with van der Waals surface area (Å²) < 4.78 is 5.50. The van der Waals surface area contributed by atoms with Gasteiger partial charge in [-0.15, -0.1) is 0 Å². The Morgan fingerprint density at radius 1 is 1.16 bits per heavy atom. The SMILES string of the molecule is CCC(NC(C)Cc1ccccc1C)c1ccco1. The highest BCUT2D eigenvalue weighted by Crippen LogP contribution is 2.19. The smallest absolute Gasteiger partial charge is 0.120 e. The first-order valence-electron chi connectivity index (χ1n) is 7.04. The molecule has 19 heavy (non-hydrogen) atoms. The second-order valence-electron chi connectivity index (χ2n) is 5.17. The van der Waals surface area contributed by atoms with E-state index in [2.05, 4.69) is 50.4 Å². The molecule has 0 fully saturated rings. The third kappa shape index (κ3) is 3.71. The van der Waals surface area contributed by atoms with Crippen molar-refractivity contribution in [2.45, 2.75) is 45.7 Å². The maximum atomic E-state index is 5.50. The van der Waals surface area contributed by atoms with Crippen LogP contribution in [0.15, 0.2) is 47.1 Å². The van der Waals surface area contributed by atoms with Crippen LogP contribution in [0.5, 0.6) is 0 Å². The van der Waals surface area contributed by atoms with E-state index in [-0.39, 0.29) is 0 Å². The number of hydrogen-bond donors (Lipinski definition) is 1. The summed E-state index contributed by atoms with van der Waals surface area (Å²) in [6, 6.07) is 13.3. The fourth-order valence-corrected chi connectivity index (χ4v) is 2.46. The Hall–Kier alpha value is -1.54. The highest BCUT2D eigenvalue weighted by atomic mass is 16.3. The van der Waals surface area contributed by atoms with Crippen LogP contribution >= 0.6 is 0 Å². The largest absolute Gasteiger partial charge is 0.468 e. The van der Waals surface area contributed by atoms with Crippen LogP contribution in [0.1, 0.15) is 43.2 Å². The number of hydrogen-bond acceptors (Lipinski definition) is 2. The molecule has 0 radical (unpaired) electrons. The van der Waals surface area contributed by atoms with E-state index in [0.717, 1.165) is 18.6 Å². The van der Waals surface area contributed by atoms with Crippen molar-refractivity contribution in [3.8, 4) is 0 Å². The standard InChI is InChI=1S/C17H23NO/c1-4-16(17-10-7-11-19-17)18-14(3)12-15-9-6-5-8-13(15)2/h5-11,14,16,18H,4,12H2,1-3H3. The molecule has 1 aromatic heterocycles. The van der Waals surface area contributed by atoms with Gasteiger partial charge in [-0.05, 0) is 49.9 Å². The molecule has 0 spiro atoms. The van der Waals surface area contributed by atoms with Crippen LogP contribution in [0.2, 0.25) is 0 Å². The van der Waals surface area contributed by atoms with E-state index in [1.807, 2.05) is 12.1 Å². The zero-order valence-corrected chi connectivity index (χ0v) is 12.0. The lowest BCUT2D eigenvalue weighted by molar-refractivity contribution is 0.371. The molecule has 0 aliphatic rings. The van der Waals surface area contributed by atoms with Gasteiger partial charge in [0.25, 0.3) is 0 Å². The van der Waals surface area contributed by atoms with Crippen molar-refractivity contribution in [1.82, 2.24) is 5.32 Å². The second-order valence-corrected chi connectivity index (χ2v) is 5.17. The summed E-state index contributed by atoms with van der Waals surface area (Å²) in [7, 11) is 0. The van der Waals surface area contributed by atoms with Gasteiger partial charge >= 0.3 is 0 Å². The van der Waals surface area contributed by atoms with E-state index in [4.69, 9.17) is 4.42 Å². The molecule has 2 heteroatoms. The van der Waals surface area contributed by atoms with Crippen molar-refractivity contribution in [1.29, 1.82) is 0 Å². The summed E-state index contributed by atoms with van der Waals surface area (Å²) in [5.74, 6) is 1.03. The molecule has 2 atom stereocenters. The van der Waals surface area contributed by atoms with E-state index < -0.39 is 0 Å². The van der Waals surface area contributed by atoms with Crippen molar-refractivity contribution >= 4 is 0 Å². The maximum Gasteiger partial charge on any atom is 0.120 e. The maximum absolute atomic E-state index is 5.50. The van der Waals surface area contributed by atoms with Crippen LogP contribution < -0.4 is 5.32 Å². The molecule has 0 aliphatic heterocycles. The molecule has 2 nitrogen and oxygen atoms in total. The van der Waals surface area contributed by atoms with Crippen molar-refractivity contribution in [2.24, 2.45) is 0 Å². The molecule has 2 rings (SSSR count). The minimum absolute atomic E-state index is 0.300. The Bertz CT molecular complexity index is 490. The third-order valence-corrected chi connectivity index (χ3v) is 3.57. The number of rotatable bonds is 6. The van der Waals surface area contributed by atoms with Gasteiger partial charge in [-0.1, -0.05) is 31.2 Å². The molecule has 2 aromatic rings. The Morgan fingerprint density at radius 3 is 2.58 bits per heavy atom. The molecule has 1 N–H and O–H groups in total. The van der Waals surface area contributed by atoms with E-state index in [9.17, 15) is 0 Å². The lowest BCUT2D eigenvalue weighted by Crippen LogP contribution is -2.31. The second kappa shape index (κ2) is 6.58. The first-order valence-corrected chi connectivity index (χ1v) is 7.04. The van der Waals surface area contributed by atoms with Gasteiger partial charge in [0.1, 0.15) is 5.76 Å². The Labute approximate surface area is 115 Å². The van der Waals surface area contributed by atoms with Gasteiger partial charge in [0, 0.05) is 6.04 Å². The summed E-state index contributed by atoms with van der Waals surface area (Å²) >= 11 is 0. The van der Waals surface area contributed by atoms with Gasteiger partial charge in [-0.25, -0.2) is 0 Å². The van der Waals surface area contributed by atoms with Crippen LogP contribution in [0.3, 0.4) is 0 Å². The molecule has 2 unspecified atom stereocenters. The van der Waals surface area contributed by atoms with Crippen LogP contribution in [0, 0.1) is 6.92 Å². The Morgan fingerprint density at radius 2 is 1.95 bits per heavy atom. The van der Waals surface area contributed by atoms with E-state index in [1.54, 1.807) is 6.26 Å². The van der Waals surface area contributed by atoms with Crippen molar-refractivity contribution in [3.05, 3.63) is 59.5 Å². The van der Waals surface area contributed by atoms with Crippen molar-refractivity contribution < 1.29 is 4.42 Å². The Kier molecular flexibility index (Phi) is 4.80. The average Bonchev–Trinajstić information content (AvgIpc) is 2.92. The molecule has 102 valence electrons. The van der Waals surface area contributed by atoms with E-state index in [0.29, 0.717) is 12.1 Å². The minimum Gasteiger partial charge on any atom is -0.468 e. The fraction of sp³-hybridized carbons (Fsp3) is 0.412. The van der Waals surface area contributed by atoms with Crippen molar-refractivity contribution in [3.63, 3.8) is 0 Å². The first-order chi connectivity index (χ1) is 9.20. The number of nitrogens with one attached hydrogen (secondary N) is 1. The van der Waals surface area contributed by atoms with Crippen molar-refractivity contribution in [2.75, 3.05) is 0 Å². The van der Waals surface area contributed by atoms with Gasteiger partial charge < -0.3 is 9.73 Å². The van der Waals surface area contributed by atoms with Gasteiger partial charge in [0.15, 0.2) is 0 Å². The van der Waals surface area contributed by atoms with Crippen LogP contribution in [-0.4, -0.2) is 6.04 Å². The monoisotopic (exact) mass is 257 g/mol. The van der Waals surface area contributed by atoms with Gasteiger partial charge in [0.05, 0.1) is 12.3 Å². The molecule has 1 heterocycles. The van der Waals surface area contributed by atoms with Crippen LogP contribution in [0.4, 0.5) is 0 Å². The highest BCUT2D eigenvalue weighted by molar-refractivity contribution is 5.26. The molecule has 0 bridgehead atoms. The third-order valence-electron chi connectivity index (χ3n) is 3.57. The predicted octanol–water partition coefficient (Wildman–Crippen LogP) is 4.26. The van der Waals surface area contributed by atoms with E-state index in [1.165, 1.54) is 11.1 Å². The zero-order valence-electron chi connectivity index (χ0n) is 12.0. The molecule has 1 aromatic carbocycles. The quantitative estimate of drug-likeness (QED) is 0.836. The summed E-state index contributed by atoms with van der Waals surface area (Å²) in [6.07, 6.45) is 3.82. The molecular formula is C17H23NO. The van der Waals surface area contributed by atoms with Crippen LogP contribution in [-0.2, 0) is 6.42 Å². The summed E-state index contributed by atoms with van der Waals surface area (Å²) in [6.45, 7) is 6.59. The summed E-state index contributed by atoms with van der Waals surface area (Å²) in [4.78, 5) is 0. The molecule has 0 amide bonds. The molecular weight excluding hydrogens is 234 g/mol. The van der Waals surface area contributed by atoms with Gasteiger partial charge in [-0.3, -0.25) is 0 Å². The fourth-order valence-electron chi connectivity index (χ4n) is 2.46. The summed E-state index contributed by atoms with van der Waals surface area (Å²) in [5, 5.41) is 3.65. The Balaban J connectivity index is 1.97. The molecule has 0 aliphatic carbocycles. The average molecular weight is 257 g/mol. The normalized spacial score (nSPS) is 14.3. The number of aryl methyl sites for hydroxylation is 1. The highest BCUT2D eigenvalue weighted by Gasteiger charge is 2.15. The number of furan rings is 1. The van der Waals surface area contributed by atoms with Gasteiger partial charge in [-0.2, -0.15) is 0 Å². The van der Waals surface area contributed by atoms with Gasteiger partial charge in [0.2, 0.25) is 0 Å². The first kappa shape index (κ1) is 13.9. The lowest BCUT2D eigenvalue weighted by atomic mass is 10.0. The minimum atomic E-state index is 0.300. The molecule has 0 saturated carbocycles. The summed E-state index contributed by atoms with van der Waals surface area (Å²) in [5.41, 5.74) is 2.78. The lowest BCUT2D eigenvalue weighted by Gasteiger charge is -2.21. The predicted molar refractivity (Wildman–Crippen MR) is 79.2 cm³/mol. The van der Waals surface area contributed by atoms with E-state index >= 15 is 0 Å². The molecule has 0 saturated heterocycles. The topological polar surface area (TPSA) is 25.2 Å². The number of benzene rings is 1. The van der Waals surface area contributed by atoms with Crippen LogP contribution in [0.25, 0.3) is 0 Å².